The zero-order valence-electron chi connectivity index (χ0n) is 8.23. The summed E-state index contributed by atoms with van der Waals surface area (Å²) in [4.78, 5) is 15.2. The topological polar surface area (TPSA) is 68.0 Å². The summed E-state index contributed by atoms with van der Waals surface area (Å²) in [7, 11) is 0. The van der Waals surface area contributed by atoms with E-state index in [2.05, 4.69) is 10.3 Å². The van der Waals surface area contributed by atoms with Crippen molar-refractivity contribution in [2.75, 3.05) is 6.54 Å². The molecule has 1 amide bonds. The molecule has 0 saturated heterocycles. The normalized spacial score (nSPS) is 12.1. The van der Waals surface area contributed by atoms with Crippen molar-refractivity contribution in [2.45, 2.75) is 19.4 Å². The number of nitrogens with one attached hydrogen (secondary N) is 1. The predicted molar refractivity (Wildman–Crippen MR) is 54.5 cm³/mol. The summed E-state index contributed by atoms with van der Waals surface area (Å²) in [6, 6.07) is 3.42. The summed E-state index contributed by atoms with van der Waals surface area (Å²) in [6.07, 6.45) is 3.67. The summed E-state index contributed by atoms with van der Waals surface area (Å²) < 4.78 is 0. The Bertz CT molecular complexity index is 287. The lowest BCUT2D eigenvalue weighted by atomic mass is 10.1. The van der Waals surface area contributed by atoms with Gasteiger partial charge in [0.25, 0.3) is 0 Å². The van der Waals surface area contributed by atoms with Gasteiger partial charge in [0.1, 0.15) is 0 Å². The maximum Gasteiger partial charge on any atom is 0.221 e. The van der Waals surface area contributed by atoms with Crippen molar-refractivity contribution < 1.29 is 4.79 Å². The number of carbonyl (C=O) groups excluding carboxylic acids is 1. The second-order valence-electron chi connectivity index (χ2n) is 3.05. The minimum atomic E-state index is -0.268. The van der Waals surface area contributed by atoms with E-state index >= 15 is 0 Å². The number of carbonyl (C=O) groups is 1. The van der Waals surface area contributed by atoms with Crippen molar-refractivity contribution in [3.8, 4) is 0 Å². The number of nitrogens with two attached hydrogens (primary N) is 1. The fraction of sp³-hybridized carbons (Fsp3) is 0.400. The molecular formula is C10H15N3O. The van der Waals surface area contributed by atoms with Crippen molar-refractivity contribution in [2.24, 2.45) is 5.73 Å². The van der Waals surface area contributed by atoms with Gasteiger partial charge in [0, 0.05) is 31.4 Å². The van der Waals surface area contributed by atoms with Crippen LogP contribution in [0.2, 0.25) is 0 Å². The zero-order valence-corrected chi connectivity index (χ0v) is 8.23. The van der Waals surface area contributed by atoms with Gasteiger partial charge in [-0.1, -0.05) is 6.07 Å². The molecule has 1 unspecified atom stereocenters. The molecule has 0 radical (unpaired) electrons. The Balaban J connectivity index is 2.50. The third-order valence-corrected chi connectivity index (χ3v) is 1.89. The largest absolute Gasteiger partial charge is 0.356 e. The Morgan fingerprint density at radius 3 is 3.07 bits per heavy atom. The molecule has 0 aliphatic heterocycles. The van der Waals surface area contributed by atoms with Gasteiger partial charge in [-0.05, 0) is 18.6 Å². The van der Waals surface area contributed by atoms with Gasteiger partial charge in [-0.25, -0.2) is 0 Å². The summed E-state index contributed by atoms with van der Waals surface area (Å²) in [5.41, 5.74) is 6.71. The molecule has 1 aromatic heterocycles. The predicted octanol–water partition coefficient (Wildman–Crippen LogP) is 0.608. The highest BCUT2D eigenvalue weighted by atomic mass is 16.1. The molecule has 3 N–H and O–H groups in total. The fourth-order valence-electron chi connectivity index (χ4n) is 1.18. The number of rotatable bonds is 4. The number of aromatic nitrogens is 1. The van der Waals surface area contributed by atoms with Crippen LogP contribution >= 0.6 is 0 Å². The standard InChI is InChI=1S/C10H15N3O/c1-2-13-10(14)6-9(11)8-4-3-5-12-7-8/h3-5,7,9H,2,6,11H2,1H3,(H,13,14). The molecule has 1 aromatic rings. The van der Waals surface area contributed by atoms with Crippen LogP contribution in [0, 0.1) is 0 Å². The molecular weight excluding hydrogens is 178 g/mol. The second-order valence-corrected chi connectivity index (χ2v) is 3.05. The molecule has 0 aliphatic carbocycles. The van der Waals surface area contributed by atoms with E-state index in [1.165, 1.54) is 0 Å². The average Bonchev–Trinajstić information content (AvgIpc) is 2.19. The van der Waals surface area contributed by atoms with Crippen LogP contribution in [0.4, 0.5) is 0 Å². The van der Waals surface area contributed by atoms with Crippen LogP contribution in [-0.2, 0) is 4.79 Å². The number of nitrogens with zero attached hydrogens (tertiary/aromatic N) is 1. The SMILES string of the molecule is CCNC(=O)CC(N)c1cccnc1. The number of hydrogen-bond donors (Lipinski definition) is 2. The molecule has 4 heteroatoms. The van der Waals surface area contributed by atoms with Crippen molar-refractivity contribution in [1.82, 2.24) is 10.3 Å². The van der Waals surface area contributed by atoms with E-state index in [1.54, 1.807) is 12.4 Å². The van der Waals surface area contributed by atoms with Crippen molar-refractivity contribution >= 4 is 5.91 Å². The minimum Gasteiger partial charge on any atom is -0.356 e. The summed E-state index contributed by atoms with van der Waals surface area (Å²) in [6.45, 7) is 2.52. The quantitative estimate of drug-likeness (QED) is 0.736. The molecule has 1 rings (SSSR count). The van der Waals surface area contributed by atoms with Gasteiger partial charge >= 0.3 is 0 Å². The number of pyridine rings is 1. The molecule has 1 atom stereocenters. The third-order valence-electron chi connectivity index (χ3n) is 1.89. The van der Waals surface area contributed by atoms with E-state index in [4.69, 9.17) is 5.73 Å². The van der Waals surface area contributed by atoms with E-state index in [0.717, 1.165) is 5.56 Å². The first-order valence-corrected chi connectivity index (χ1v) is 4.66. The Kier molecular flexibility index (Phi) is 4.07. The van der Waals surface area contributed by atoms with E-state index in [0.29, 0.717) is 13.0 Å². The van der Waals surface area contributed by atoms with E-state index in [1.807, 2.05) is 19.1 Å². The highest BCUT2D eigenvalue weighted by Gasteiger charge is 2.10. The smallest absolute Gasteiger partial charge is 0.221 e. The number of hydrogen-bond acceptors (Lipinski definition) is 3. The van der Waals surface area contributed by atoms with Crippen molar-refractivity contribution in [3.05, 3.63) is 30.1 Å². The van der Waals surface area contributed by atoms with Gasteiger partial charge in [0.2, 0.25) is 5.91 Å². The Hall–Kier alpha value is -1.42. The molecule has 0 bridgehead atoms. The molecule has 0 saturated carbocycles. The summed E-state index contributed by atoms with van der Waals surface area (Å²) in [5.74, 6) is -0.0242. The summed E-state index contributed by atoms with van der Waals surface area (Å²) in [5, 5.41) is 2.71. The lowest BCUT2D eigenvalue weighted by Gasteiger charge is -2.10. The first kappa shape index (κ1) is 10.7. The molecule has 76 valence electrons. The first-order chi connectivity index (χ1) is 6.74. The van der Waals surface area contributed by atoms with E-state index in [-0.39, 0.29) is 11.9 Å². The molecule has 0 aliphatic rings. The van der Waals surface area contributed by atoms with Crippen LogP contribution < -0.4 is 11.1 Å². The van der Waals surface area contributed by atoms with Crippen LogP contribution in [0.25, 0.3) is 0 Å². The molecule has 14 heavy (non-hydrogen) atoms. The maximum absolute atomic E-state index is 11.2. The summed E-state index contributed by atoms with van der Waals surface area (Å²) >= 11 is 0. The average molecular weight is 193 g/mol. The highest BCUT2D eigenvalue weighted by Crippen LogP contribution is 2.11. The van der Waals surface area contributed by atoms with Gasteiger partial charge in [-0.2, -0.15) is 0 Å². The van der Waals surface area contributed by atoms with Crippen LogP contribution in [0.3, 0.4) is 0 Å². The Morgan fingerprint density at radius 1 is 1.71 bits per heavy atom. The minimum absolute atomic E-state index is 0.0242. The monoisotopic (exact) mass is 193 g/mol. The molecule has 4 nitrogen and oxygen atoms in total. The van der Waals surface area contributed by atoms with Crippen molar-refractivity contribution in [3.63, 3.8) is 0 Å². The Labute approximate surface area is 83.5 Å². The van der Waals surface area contributed by atoms with Crippen LogP contribution in [0.1, 0.15) is 24.9 Å². The Morgan fingerprint density at radius 2 is 2.50 bits per heavy atom. The van der Waals surface area contributed by atoms with Gasteiger partial charge < -0.3 is 11.1 Å². The van der Waals surface area contributed by atoms with Gasteiger partial charge in [0.15, 0.2) is 0 Å². The van der Waals surface area contributed by atoms with Crippen molar-refractivity contribution in [1.29, 1.82) is 0 Å². The number of amides is 1. The zero-order chi connectivity index (χ0) is 10.4. The van der Waals surface area contributed by atoms with Crippen LogP contribution in [-0.4, -0.2) is 17.4 Å². The molecule has 1 heterocycles. The van der Waals surface area contributed by atoms with Gasteiger partial charge in [0.05, 0.1) is 0 Å². The van der Waals surface area contributed by atoms with Gasteiger partial charge in [-0.15, -0.1) is 0 Å². The van der Waals surface area contributed by atoms with E-state index < -0.39 is 0 Å². The lowest BCUT2D eigenvalue weighted by Crippen LogP contribution is -2.27. The fourth-order valence-corrected chi connectivity index (χ4v) is 1.18. The van der Waals surface area contributed by atoms with Crippen LogP contribution in [0.15, 0.2) is 24.5 Å². The van der Waals surface area contributed by atoms with Gasteiger partial charge in [-0.3, -0.25) is 9.78 Å². The molecule has 0 spiro atoms. The molecule has 0 fully saturated rings. The van der Waals surface area contributed by atoms with E-state index in [9.17, 15) is 4.79 Å². The highest BCUT2D eigenvalue weighted by molar-refractivity contribution is 5.76. The molecule has 0 aromatic carbocycles. The van der Waals surface area contributed by atoms with Crippen LogP contribution in [0.5, 0.6) is 0 Å². The first-order valence-electron chi connectivity index (χ1n) is 4.66. The second kappa shape index (κ2) is 5.34. The maximum atomic E-state index is 11.2. The lowest BCUT2D eigenvalue weighted by molar-refractivity contribution is -0.121. The third kappa shape index (κ3) is 3.14.